The van der Waals surface area contributed by atoms with E-state index in [0.29, 0.717) is 11.4 Å². The molecule has 0 spiro atoms. The summed E-state index contributed by atoms with van der Waals surface area (Å²) in [6.07, 6.45) is 0.767. The second-order valence-electron chi connectivity index (χ2n) is 8.15. The molecule has 5 nitrogen and oxygen atoms in total. The van der Waals surface area contributed by atoms with Gasteiger partial charge in [0.1, 0.15) is 10.7 Å². The molecular weight excluding hydrogens is 462 g/mol. The van der Waals surface area contributed by atoms with Crippen molar-refractivity contribution in [3.05, 3.63) is 93.9 Å². The van der Waals surface area contributed by atoms with Crippen LogP contribution in [0.2, 0.25) is 0 Å². The molecule has 0 radical (unpaired) electrons. The molecule has 1 amide bonds. The highest BCUT2D eigenvalue weighted by Crippen LogP contribution is 2.51. The van der Waals surface area contributed by atoms with Crippen molar-refractivity contribution >= 4 is 46.0 Å². The lowest BCUT2D eigenvalue weighted by Gasteiger charge is -2.17. The third-order valence-corrected chi connectivity index (χ3v) is 8.25. The Morgan fingerprint density at radius 2 is 1.74 bits per heavy atom. The predicted octanol–water partition coefficient (Wildman–Crippen LogP) is 6.22. The SMILES string of the molecule is COc1ccc2c(c1)N(C)C(=C1SC(=Nc3ccc(C)cc3)N(CCc3ccccc3)C1=O)S2. The van der Waals surface area contributed by atoms with E-state index >= 15 is 0 Å². The fourth-order valence-corrected chi connectivity index (χ4v) is 6.23. The lowest BCUT2D eigenvalue weighted by molar-refractivity contribution is -0.122. The molecule has 0 atom stereocenters. The van der Waals surface area contributed by atoms with Gasteiger partial charge >= 0.3 is 0 Å². The summed E-state index contributed by atoms with van der Waals surface area (Å²) in [6.45, 7) is 2.63. The first kappa shape index (κ1) is 22.6. The van der Waals surface area contributed by atoms with E-state index in [0.717, 1.165) is 38.6 Å². The van der Waals surface area contributed by atoms with Gasteiger partial charge in [0, 0.05) is 24.6 Å². The van der Waals surface area contributed by atoms with E-state index in [-0.39, 0.29) is 5.91 Å². The second-order valence-corrected chi connectivity index (χ2v) is 10.2. The number of amidine groups is 1. The molecule has 0 saturated carbocycles. The summed E-state index contributed by atoms with van der Waals surface area (Å²) in [6, 6.07) is 24.3. The normalized spacial score (nSPS) is 18.7. The third kappa shape index (κ3) is 4.45. The molecule has 0 N–H and O–H groups in total. The molecule has 0 bridgehead atoms. The average Bonchev–Trinajstić information content (AvgIpc) is 3.35. The number of ether oxygens (including phenoxy) is 1. The zero-order valence-electron chi connectivity index (χ0n) is 19.3. The molecule has 3 aromatic carbocycles. The van der Waals surface area contributed by atoms with E-state index in [1.807, 2.05) is 72.6 Å². The number of rotatable bonds is 5. The molecule has 7 heteroatoms. The zero-order chi connectivity index (χ0) is 23.7. The van der Waals surface area contributed by atoms with Crippen LogP contribution in [0, 0.1) is 6.92 Å². The molecule has 1 saturated heterocycles. The van der Waals surface area contributed by atoms with E-state index in [1.54, 1.807) is 18.9 Å². The van der Waals surface area contributed by atoms with Crippen LogP contribution in [0.4, 0.5) is 11.4 Å². The van der Waals surface area contributed by atoms with Crippen LogP contribution in [0.25, 0.3) is 0 Å². The van der Waals surface area contributed by atoms with Crippen molar-refractivity contribution in [3.8, 4) is 5.75 Å². The lowest BCUT2D eigenvalue weighted by atomic mass is 10.1. The van der Waals surface area contributed by atoms with Crippen LogP contribution in [-0.2, 0) is 11.2 Å². The number of anilines is 1. The minimum Gasteiger partial charge on any atom is -0.497 e. The first-order valence-corrected chi connectivity index (χ1v) is 12.7. The Hall–Kier alpha value is -3.16. The van der Waals surface area contributed by atoms with E-state index in [9.17, 15) is 4.79 Å². The van der Waals surface area contributed by atoms with Gasteiger partial charge in [-0.05, 0) is 54.9 Å². The summed E-state index contributed by atoms with van der Waals surface area (Å²) in [4.78, 5) is 24.3. The van der Waals surface area contributed by atoms with Gasteiger partial charge < -0.3 is 9.64 Å². The van der Waals surface area contributed by atoms with Crippen LogP contribution in [0.3, 0.4) is 0 Å². The Morgan fingerprint density at radius 1 is 0.971 bits per heavy atom. The highest BCUT2D eigenvalue weighted by atomic mass is 32.2. The molecule has 5 rings (SSSR count). The largest absolute Gasteiger partial charge is 0.497 e. The maximum atomic E-state index is 13.7. The Balaban J connectivity index is 1.49. The number of benzene rings is 3. The molecule has 1 fully saturated rings. The van der Waals surface area contributed by atoms with Crippen molar-refractivity contribution < 1.29 is 9.53 Å². The molecular formula is C27H25N3O2S2. The second kappa shape index (κ2) is 9.60. The molecule has 0 unspecified atom stereocenters. The lowest BCUT2D eigenvalue weighted by Crippen LogP contribution is -2.31. The van der Waals surface area contributed by atoms with Crippen LogP contribution in [0.15, 0.2) is 92.6 Å². The highest BCUT2D eigenvalue weighted by molar-refractivity contribution is 8.19. The molecule has 3 aromatic rings. The molecule has 2 aliphatic heterocycles. The minimum absolute atomic E-state index is 0.000846. The quantitative estimate of drug-likeness (QED) is 0.400. The summed E-state index contributed by atoms with van der Waals surface area (Å²) in [7, 11) is 3.66. The monoisotopic (exact) mass is 487 g/mol. The van der Waals surface area contributed by atoms with E-state index < -0.39 is 0 Å². The van der Waals surface area contributed by atoms with Gasteiger partial charge in [-0.1, -0.05) is 59.8 Å². The van der Waals surface area contributed by atoms with Crippen LogP contribution in [0.1, 0.15) is 11.1 Å². The van der Waals surface area contributed by atoms with Gasteiger partial charge in [0.2, 0.25) is 0 Å². The van der Waals surface area contributed by atoms with Gasteiger partial charge in [-0.15, -0.1) is 0 Å². The number of hydrogen-bond acceptors (Lipinski definition) is 6. The highest BCUT2D eigenvalue weighted by Gasteiger charge is 2.39. The van der Waals surface area contributed by atoms with E-state index in [2.05, 4.69) is 24.0 Å². The molecule has 2 aliphatic rings. The summed E-state index contributed by atoms with van der Waals surface area (Å²) >= 11 is 3.07. The smallest absolute Gasteiger partial charge is 0.269 e. The van der Waals surface area contributed by atoms with Crippen molar-refractivity contribution in [1.29, 1.82) is 0 Å². The Morgan fingerprint density at radius 3 is 2.47 bits per heavy atom. The summed E-state index contributed by atoms with van der Waals surface area (Å²) in [5.74, 6) is 0.801. The van der Waals surface area contributed by atoms with Gasteiger partial charge in [0.05, 0.1) is 23.5 Å². The summed E-state index contributed by atoms with van der Waals surface area (Å²) in [5, 5.41) is 1.65. The topological polar surface area (TPSA) is 45.1 Å². The summed E-state index contributed by atoms with van der Waals surface area (Å²) in [5.41, 5.74) is 4.26. The number of carbonyl (C=O) groups is 1. The Bertz CT molecular complexity index is 1290. The van der Waals surface area contributed by atoms with Crippen LogP contribution < -0.4 is 9.64 Å². The fourth-order valence-electron chi connectivity index (χ4n) is 3.88. The number of aliphatic imine (C=N–C) groups is 1. The number of carbonyl (C=O) groups excluding carboxylic acids is 1. The number of amides is 1. The van der Waals surface area contributed by atoms with Crippen LogP contribution in [-0.4, -0.2) is 36.7 Å². The van der Waals surface area contributed by atoms with Gasteiger partial charge in [0.25, 0.3) is 5.91 Å². The number of thioether (sulfide) groups is 2. The van der Waals surface area contributed by atoms with Crippen LogP contribution >= 0.6 is 23.5 Å². The first-order chi connectivity index (χ1) is 16.5. The van der Waals surface area contributed by atoms with Gasteiger partial charge in [-0.3, -0.25) is 9.69 Å². The molecule has 0 aromatic heterocycles. The first-order valence-electron chi connectivity index (χ1n) is 11.1. The molecule has 34 heavy (non-hydrogen) atoms. The number of nitrogens with zero attached hydrogens (tertiary/aromatic N) is 3. The zero-order valence-corrected chi connectivity index (χ0v) is 21.0. The predicted molar refractivity (Wildman–Crippen MR) is 142 cm³/mol. The number of hydrogen-bond donors (Lipinski definition) is 0. The summed E-state index contributed by atoms with van der Waals surface area (Å²) < 4.78 is 5.40. The minimum atomic E-state index is 0.000846. The van der Waals surface area contributed by atoms with Gasteiger partial charge in [0.15, 0.2) is 5.17 Å². The maximum Gasteiger partial charge on any atom is 0.269 e. The Labute approximate surface area is 208 Å². The standard InChI is InChI=1S/C27H25N3O2S2/c1-18-9-11-20(12-10-18)28-27-30(16-15-19-7-5-4-6-8-19)25(31)24(34-27)26-29(2)22-17-21(32-3)13-14-23(22)33-26/h4-14,17H,15-16H2,1-3H3. The maximum absolute atomic E-state index is 13.7. The van der Waals surface area contributed by atoms with Crippen molar-refractivity contribution in [3.63, 3.8) is 0 Å². The number of aryl methyl sites for hydroxylation is 1. The van der Waals surface area contributed by atoms with Crippen molar-refractivity contribution in [2.75, 3.05) is 25.6 Å². The van der Waals surface area contributed by atoms with E-state index in [4.69, 9.17) is 9.73 Å². The van der Waals surface area contributed by atoms with Gasteiger partial charge in [-0.2, -0.15) is 0 Å². The number of methoxy groups -OCH3 is 1. The van der Waals surface area contributed by atoms with E-state index in [1.165, 1.54) is 22.9 Å². The molecule has 2 heterocycles. The molecule has 172 valence electrons. The Kier molecular flexibility index (Phi) is 6.39. The average molecular weight is 488 g/mol. The number of fused-ring (bicyclic) bond motifs is 1. The fraction of sp³-hybridized carbons (Fsp3) is 0.185. The van der Waals surface area contributed by atoms with Crippen LogP contribution in [0.5, 0.6) is 5.75 Å². The van der Waals surface area contributed by atoms with Crippen molar-refractivity contribution in [2.45, 2.75) is 18.2 Å². The van der Waals surface area contributed by atoms with Gasteiger partial charge in [-0.25, -0.2) is 4.99 Å². The third-order valence-electron chi connectivity index (χ3n) is 5.82. The molecule has 0 aliphatic carbocycles. The van der Waals surface area contributed by atoms with Crippen molar-refractivity contribution in [1.82, 2.24) is 4.90 Å². The van der Waals surface area contributed by atoms with Crippen molar-refractivity contribution in [2.24, 2.45) is 4.99 Å².